The highest BCUT2D eigenvalue weighted by molar-refractivity contribution is 6.32. The fourth-order valence-electron chi connectivity index (χ4n) is 3.05. The standard InChI is InChI=1S/C19H19ClN2O3/c1-11-12-7-5-6-8-15(12)22(2)18(11)19(23)21-14-10-16(24-3)13(20)9-17(14)25-4/h5-10H,1-4H3,(H,21,23). The van der Waals surface area contributed by atoms with Gasteiger partial charge in [0, 0.05) is 30.1 Å². The Kier molecular flexibility index (Phi) is 4.59. The predicted molar refractivity (Wildman–Crippen MR) is 100 cm³/mol. The third-order valence-electron chi connectivity index (χ3n) is 4.30. The number of carbonyl (C=O) groups excluding carboxylic acids is 1. The fourth-order valence-corrected chi connectivity index (χ4v) is 3.28. The van der Waals surface area contributed by atoms with E-state index in [2.05, 4.69) is 5.32 Å². The molecular formula is C19H19ClN2O3. The minimum absolute atomic E-state index is 0.223. The Balaban J connectivity index is 2.04. The first-order chi connectivity index (χ1) is 12.0. The van der Waals surface area contributed by atoms with Crippen molar-refractivity contribution in [3.8, 4) is 11.5 Å². The molecule has 25 heavy (non-hydrogen) atoms. The molecule has 130 valence electrons. The van der Waals surface area contributed by atoms with E-state index in [1.807, 2.05) is 42.8 Å². The monoisotopic (exact) mass is 358 g/mol. The molecule has 1 heterocycles. The van der Waals surface area contributed by atoms with Gasteiger partial charge in [0.05, 0.1) is 24.9 Å². The van der Waals surface area contributed by atoms with Crippen LogP contribution in [0, 0.1) is 6.92 Å². The minimum Gasteiger partial charge on any atom is -0.495 e. The molecule has 3 rings (SSSR count). The van der Waals surface area contributed by atoms with E-state index in [-0.39, 0.29) is 5.91 Å². The Bertz CT molecular complexity index is 924. The van der Waals surface area contributed by atoms with Gasteiger partial charge in [0.1, 0.15) is 17.2 Å². The molecule has 0 saturated carbocycles. The van der Waals surface area contributed by atoms with Crippen LogP contribution in [0.1, 0.15) is 16.1 Å². The number of ether oxygens (including phenoxy) is 2. The maximum atomic E-state index is 12.9. The van der Waals surface area contributed by atoms with Gasteiger partial charge in [-0.1, -0.05) is 29.8 Å². The van der Waals surface area contributed by atoms with E-state index < -0.39 is 0 Å². The topological polar surface area (TPSA) is 52.5 Å². The fraction of sp³-hybridized carbons (Fsp3) is 0.211. The van der Waals surface area contributed by atoms with E-state index >= 15 is 0 Å². The molecule has 5 nitrogen and oxygen atoms in total. The quantitative estimate of drug-likeness (QED) is 0.751. The molecule has 0 unspecified atom stereocenters. The number of aryl methyl sites for hydroxylation is 2. The van der Waals surface area contributed by atoms with E-state index in [1.165, 1.54) is 14.2 Å². The lowest BCUT2D eigenvalue weighted by Gasteiger charge is -2.14. The number of rotatable bonds is 4. The van der Waals surface area contributed by atoms with Crippen LogP contribution in [0.2, 0.25) is 5.02 Å². The number of nitrogens with zero attached hydrogens (tertiary/aromatic N) is 1. The molecular weight excluding hydrogens is 340 g/mol. The largest absolute Gasteiger partial charge is 0.495 e. The van der Waals surface area contributed by atoms with Crippen molar-refractivity contribution in [3.05, 3.63) is 52.7 Å². The van der Waals surface area contributed by atoms with Crippen molar-refractivity contribution >= 4 is 34.1 Å². The molecule has 2 aromatic carbocycles. The summed E-state index contributed by atoms with van der Waals surface area (Å²) in [5.41, 5.74) is 3.02. The van der Waals surface area contributed by atoms with Crippen molar-refractivity contribution in [3.63, 3.8) is 0 Å². The number of benzene rings is 2. The Morgan fingerprint density at radius 3 is 2.44 bits per heavy atom. The van der Waals surface area contributed by atoms with Gasteiger partial charge in [0.25, 0.3) is 5.91 Å². The molecule has 0 aliphatic carbocycles. The second-order valence-corrected chi connectivity index (χ2v) is 6.10. The van der Waals surface area contributed by atoms with Gasteiger partial charge in [0.15, 0.2) is 0 Å². The average molecular weight is 359 g/mol. The van der Waals surface area contributed by atoms with Gasteiger partial charge in [-0.2, -0.15) is 0 Å². The number of nitrogens with one attached hydrogen (secondary N) is 1. The van der Waals surface area contributed by atoms with Crippen LogP contribution >= 0.6 is 11.6 Å². The van der Waals surface area contributed by atoms with Gasteiger partial charge >= 0.3 is 0 Å². The summed E-state index contributed by atoms with van der Waals surface area (Å²) in [6.45, 7) is 1.94. The predicted octanol–water partition coefficient (Wildman–Crippen LogP) is 4.41. The van der Waals surface area contributed by atoms with E-state index in [1.54, 1.807) is 12.1 Å². The van der Waals surface area contributed by atoms with E-state index in [9.17, 15) is 4.79 Å². The lowest BCUT2D eigenvalue weighted by Crippen LogP contribution is -2.17. The lowest BCUT2D eigenvalue weighted by atomic mass is 10.1. The summed E-state index contributed by atoms with van der Waals surface area (Å²) >= 11 is 6.12. The molecule has 0 bridgehead atoms. The summed E-state index contributed by atoms with van der Waals surface area (Å²) in [5, 5.41) is 4.37. The van der Waals surface area contributed by atoms with Crippen molar-refractivity contribution in [2.24, 2.45) is 7.05 Å². The number of fused-ring (bicyclic) bond motifs is 1. The molecule has 1 aromatic heterocycles. The molecule has 1 amide bonds. The van der Waals surface area contributed by atoms with E-state index in [4.69, 9.17) is 21.1 Å². The normalized spacial score (nSPS) is 10.8. The highest BCUT2D eigenvalue weighted by Gasteiger charge is 2.20. The average Bonchev–Trinajstić information content (AvgIpc) is 2.87. The second kappa shape index (κ2) is 6.69. The highest BCUT2D eigenvalue weighted by Crippen LogP contribution is 2.36. The molecule has 0 atom stereocenters. The molecule has 3 aromatic rings. The van der Waals surface area contributed by atoms with Crippen LogP contribution in [0.3, 0.4) is 0 Å². The van der Waals surface area contributed by atoms with Crippen molar-refractivity contribution < 1.29 is 14.3 Å². The summed E-state index contributed by atoms with van der Waals surface area (Å²) in [6, 6.07) is 11.2. The number of anilines is 1. The zero-order valence-corrected chi connectivity index (χ0v) is 15.3. The SMILES string of the molecule is COc1cc(NC(=O)c2c(C)c3ccccc3n2C)c(OC)cc1Cl. The third kappa shape index (κ3) is 2.91. The van der Waals surface area contributed by atoms with Crippen LogP contribution in [0.15, 0.2) is 36.4 Å². The van der Waals surface area contributed by atoms with Gasteiger partial charge in [-0.05, 0) is 18.6 Å². The highest BCUT2D eigenvalue weighted by atomic mass is 35.5. The summed E-state index contributed by atoms with van der Waals surface area (Å²) in [5.74, 6) is 0.709. The third-order valence-corrected chi connectivity index (χ3v) is 4.59. The molecule has 0 aliphatic rings. The van der Waals surface area contributed by atoms with Crippen LogP contribution in [0.5, 0.6) is 11.5 Å². The minimum atomic E-state index is -0.223. The first kappa shape index (κ1) is 17.2. The van der Waals surface area contributed by atoms with Crippen molar-refractivity contribution in [2.75, 3.05) is 19.5 Å². The number of para-hydroxylation sites is 1. The summed E-state index contributed by atoms with van der Waals surface area (Å²) < 4.78 is 12.4. The zero-order chi connectivity index (χ0) is 18.1. The first-order valence-electron chi connectivity index (χ1n) is 7.74. The van der Waals surface area contributed by atoms with Crippen molar-refractivity contribution in [1.29, 1.82) is 0 Å². The number of aromatic nitrogens is 1. The first-order valence-corrected chi connectivity index (χ1v) is 8.12. The van der Waals surface area contributed by atoms with Crippen LogP contribution in [-0.2, 0) is 7.05 Å². The van der Waals surface area contributed by atoms with Gasteiger partial charge < -0.3 is 19.4 Å². The summed E-state index contributed by atoms with van der Waals surface area (Å²) in [6.07, 6.45) is 0. The van der Waals surface area contributed by atoms with Crippen molar-refractivity contribution in [1.82, 2.24) is 4.57 Å². The Hall–Kier alpha value is -2.66. The van der Waals surface area contributed by atoms with Crippen LogP contribution < -0.4 is 14.8 Å². The van der Waals surface area contributed by atoms with Gasteiger partial charge in [0.2, 0.25) is 0 Å². The number of amides is 1. The van der Waals surface area contributed by atoms with Gasteiger partial charge in [-0.25, -0.2) is 0 Å². The molecule has 0 aliphatic heterocycles. The van der Waals surface area contributed by atoms with Crippen molar-refractivity contribution in [2.45, 2.75) is 6.92 Å². The second-order valence-electron chi connectivity index (χ2n) is 5.69. The molecule has 0 fully saturated rings. The maximum Gasteiger partial charge on any atom is 0.272 e. The van der Waals surface area contributed by atoms with Crippen LogP contribution in [-0.4, -0.2) is 24.7 Å². The Morgan fingerprint density at radius 1 is 1.12 bits per heavy atom. The molecule has 0 saturated heterocycles. The zero-order valence-electron chi connectivity index (χ0n) is 14.5. The molecule has 0 spiro atoms. The van der Waals surface area contributed by atoms with Crippen LogP contribution in [0.25, 0.3) is 10.9 Å². The number of halogens is 1. The van der Waals surface area contributed by atoms with Crippen LogP contribution in [0.4, 0.5) is 5.69 Å². The Morgan fingerprint density at radius 2 is 1.80 bits per heavy atom. The summed E-state index contributed by atoms with van der Waals surface area (Å²) in [7, 11) is 4.92. The molecule has 6 heteroatoms. The number of carbonyl (C=O) groups is 1. The number of hydrogen-bond donors (Lipinski definition) is 1. The van der Waals surface area contributed by atoms with Gasteiger partial charge in [-0.3, -0.25) is 4.79 Å². The molecule has 0 radical (unpaired) electrons. The molecule has 1 N–H and O–H groups in total. The van der Waals surface area contributed by atoms with Gasteiger partial charge in [-0.15, -0.1) is 0 Å². The lowest BCUT2D eigenvalue weighted by molar-refractivity contribution is 0.101. The van der Waals surface area contributed by atoms with E-state index in [0.717, 1.165) is 16.5 Å². The number of methoxy groups -OCH3 is 2. The maximum absolute atomic E-state index is 12.9. The number of hydrogen-bond acceptors (Lipinski definition) is 3. The Labute approximate surface area is 151 Å². The smallest absolute Gasteiger partial charge is 0.272 e. The van der Waals surface area contributed by atoms with E-state index in [0.29, 0.717) is 27.9 Å². The summed E-state index contributed by atoms with van der Waals surface area (Å²) in [4.78, 5) is 12.9.